The first-order chi connectivity index (χ1) is 17.7. The number of aromatic nitrogens is 1. The highest BCUT2D eigenvalue weighted by Crippen LogP contribution is 2.37. The molecule has 0 unspecified atom stereocenters. The lowest BCUT2D eigenvalue weighted by Gasteiger charge is -2.38. The molecule has 0 spiro atoms. The van der Waals surface area contributed by atoms with Crippen LogP contribution in [0.15, 0.2) is 48.5 Å². The first-order valence-corrected chi connectivity index (χ1v) is 14.0. The molecule has 3 aromatic rings. The maximum Gasteiger partial charge on any atom is 0.410 e. The number of carbonyl (C=O) groups excluding carboxylic acids is 1. The van der Waals surface area contributed by atoms with Crippen LogP contribution in [-0.4, -0.2) is 63.9 Å². The van der Waals surface area contributed by atoms with Gasteiger partial charge < -0.3 is 19.5 Å². The molecule has 2 aliphatic heterocycles. The second kappa shape index (κ2) is 10.6. The van der Waals surface area contributed by atoms with Crippen LogP contribution in [0.5, 0.6) is 5.19 Å². The molecule has 5 rings (SSSR count). The highest BCUT2D eigenvalue weighted by Gasteiger charge is 2.37. The molecule has 0 atom stereocenters. The number of ether oxygens (including phenoxy) is 2. The summed E-state index contributed by atoms with van der Waals surface area (Å²) >= 11 is 1.54. The standard InChI is InChI=1S/C29H37N3O4S/c1-28(2,3)36-27(33)32-17-13-29(34,14-18-32)22-9-10-24-25(19-22)37-26(30-24)35-23-11-15-31(16-12-23)20-21-7-5-4-6-8-21/h4-10,19,23,34H,11-18,20H2,1-3H3. The van der Waals surface area contributed by atoms with Crippen molar-refractivity contribution in [3.63, 3.8) is 0 Å². The van der Waals surface area contributed by atoms with E-state index in [0.717, 1.165) is 48.3 Å². The van der Waals surface area contributed by atoms with E-state index in [1.807, 2.05) is 39.0 Å². The molecule has 0 saturated carbocycles. The van der Waals surface area contributed by atoms with Crippen LogP contribution in [0, 0.1) is 0 Å². The number of carbonyl (C=O) groups is 1. The molecule has 0 aliphatic carbocycles. The molecule has 2 saturated heterocycles. The number of aliphatic hydroxyl groups is 1. The molecule has 2 aromatic carbocycles. The highest BCUT2D eigenvalue weighted by molar-refractivity contribution is 7.20. The number of hydrogen-bond donors (Lipinski definition) is 1. The maximum absolute atomic E-state index is 12.4. The largest absolute Gasteiger partial charge is 0.467 e. The molecular weight excluding hydrogens is 486 g/mol. The smallest absolute Gasteiger partial charge is 0.410 e. The number of hydrogen-bond acceptors (Lipinski definition) is 7. The number of amides is 1. The fourth-order valence-electron chi connectivity index (χ4n) is 5.09. The number of nitrogens with zero attached hydrogens (tertiary/aromatic N) is 3. The van der Waals surface area contributed by atoms with Gasteiger partial charge in [0, 0.05) is 32.7 Å². The van der Waals surface area contributed by atoms with Crippen LogP contribution in [0.2, 0.25) is 0 Å². The third-order valence-electron chi connectivity index (χ3n) is 7.20. The van der Waals surface area contributed by atoms with Crippen molar-refractivity contribution in [2.45, 2.75) is 70.3 Å². The average Bonchev–Trinajstić information content (AvgIpc) is 3.27. The van der Waals surface area contributed by atoms with E-state index in [2.05, 4.69) is 35.2 Å². The van der Waals surface area contributed by atoms with Gasteiger partial charge >= 0.3 is 6.09 Å². The van der Waals surface area contributed by atoms with E-state index in [1.165, 1.54) is 5.56 Å². The van der Waals surface area contributed by atoms with Gasteiger partial charge in [0.25, 0.3) is 5.19 Å². The van der Waals surface area contributed by atoms with E-state index in [1.54, 1.807) is 16.2 Å². The van der Waals surface area contributed by atoms with Gasteiger partial charge in [0.2, 0.25) is 0 Å². The summed E-state index contributed by atoms with van der Waals surface area (Å²) in [4.78, 5) is 21.3. The number of fused-ring (bicyclic) bond motifs is 1. The van der Waals surface area contributed by atoms with E-state index >= 15 is 0 Å². The van der Waals surface area contributed by atoms with E-state index in [-0.39, 0.29) is 12.2 Å². The van der Waals surface area contributed by atoms with Gasteiger partial charge in [-0.1, -0.05) is 47.7 Å². The Morgan fingerprint density at radius 2 is 1.78 bits per heavy atom. The molecule has 1 N–H and O–H groups in total. The molecule has 198 valence electrons. The topological polar surface area (TPSA) is 75.1 Å². The minimum absolute atomic E-state index is 0.174. The average molecular weight is 524 g/mol. The van der Waals surface area contributed by atoms with E-state index in [0.29, 0.717) is 31.1 Å². The normalized spacial score (nSPS) is 19.2. The van der Waals surface area contributed by atoms with Gasteiger partial charge in [-0.3, -0.25) is 4.90 Å². The third kappa shape index (κ3) is 6.43. The van der Waals surface area contributed by atoms with Crippen LogP contribution in [0.4, 0.5) is 4.79 Å². The summed E-state index contributed by atoms with van der Waals surface area (Å²) in [6, 6.07) is 16.6. The lowest BCUT2D eigenvalue weighted by atomic mass is 9.84. The zero-order chi connectivity index (χ0) is 26.0. The molecule has 0 bridgehead atoms. The minimum Gasteiger partial charge on any atom is -0.467 e. The van der Waals surface area contributed by atoms with Gasteiger partial charge in [0.15, 0.2) is 0 Å². The lowest BCUT2D eigenvalue weighted by molar-refractivity contribution is -0.0355. The molecule has 3 heterocycles. The van der Waals surface area contributed by atoms with Crippen molar-refractivity contribution < 1.29 is 19.4 Å². The van der Waals surface area contributed by atoms with Crippen LogP contribution < -0.4 is 4.74 Å². The summed E-state index contributed by atoms with van der Waals surface area (Å²) in [6.45, 7) is 9.53. The molecule has 1 aromatic heterocycles. The lowest BCUT2D eigenvalue weighted by Crippen LogP contribution is -2.46. The van der Waals surface area contributed by atoms with Crippen molar-refractivity contribution in [1.29, 1.82) is 0 Å². The zero-order valence-electron chi connectivity index (χ0n) is 22.0. The monoisotopic (exact) mass is 523 g/mol. The Hall–Kier alpha value is -2.68. The summed E-state index contributed by atoms with van der Waals surface area (Å²) in [7, 11) is 0. The molecular formula is C29H37N3O4S. The Labute approximate surface area is 223 Å². The summed E-state index contributed by atoms with van der Waals surface area (Å²) in [5.74, 6) is 0. The summed E-state index contributed by atoms with van der Waals surface area (Å²) in [5.41, 5.74) is 1.61. The Kier molecular flexibility index (Phi) is 7.43. The molecule has 1 amide bonds. The van der Waals surface area contributed by atoms with Crippen molar-refractivity contribution in [2.24, 2.45) is 0 Å². The van der Waals surface area contributed by atoms with Crippen molar-refractivity contribution in [2.75, 3.05) is 26.2 Å². The third-order valence-corrected chi connectivity index (χ3v) is 8.11. The summed E-state index contributed by atoms with van der Waals surface area (Å²) in [5, 5.41) is 12.1. The first kappa shape index (κ1) is 25.9. The van der Waals surface area contributed by atoms with Crippen LogP contribution in [0.1, 0.15) is 57.6 Å². The molecule has 0 radical (unpaired) electrons. The van der Waals surface area contributed by atoms with Crippen LogP contribution >= 0.6 is 11.3 Å². The van der Waals surface area contributed by atoms with Crippen molar-refractivity contribution in [3.05, 3.63) is 59.7 Å². The number of likely N-dealkylation sites (tertiary alicyclic amines) is 2. The molecule has 8 heteroatoms. The number of piperidine rings is 2. The fourth-order valence-corrected chi connectivity index (χ4v) is 6.01. The molecule has 7 nitrogen and oxygen atoms in total. The first-order valence-electron chi connectivity index (χ1n) is 13.2. The minimum atomic E-state index is -0.969. The van der Waals surface area contributed by atoms with Gasteiger partial charge in [-0.2, -0.15) is 0 Å². The van der Waals surface area contributed by atoms with Crippen molar-refractivity contribution in [3.8, 4) is 5.19 Å². The molecule has 2 fully saturated rings. The van der Waals surface area contributed by atoms with Crippen LogP contribution in [-0.2, 0) is 16.9 Å². The van der Waals surface area contributed by atoms with Crippen LogP contribution in [0.3, 0.4) is 0 Å². The zero-order valence-corrected chi connectivity index (χ0v) is 22.8. The number of rotatable bonds is 5. The Morgan fingerprint density at radius 3 is 2.46 bits per heavy atom. The Bertz CT molecular complexity index is 1210. The van der Waals surface area contributed by atoms with E-state index < -0.39 is 11.2 Å². The van der Waals surface area contributed by atoms with Gasteiger partial charge in [-0.25, -0.2) is 9.78 Å². The Balaban J connectivity index is 1.17. The summed E-state index contributed by atoms with van der Waals surface area (Å²) in [6.07, 6.45) is 2.78. The Morgan fingerprint density at radius 1 is 1.08 bits per heavy atom. The van der Waals surface area contributed by atoms with Crippen LogP contribution in [0.25, 0.3) is 10.2 Å². The second-order valence-corrected chi connectivity index (χ2v) is 12.2. The highest BCUT2D eigenvalue weighted by atomic mass is 32.1. The number of benzene rings is 2. The quantitative estimate of drug-likeness (QED) is 0.472. The van der Waals surface area contributed by atoms with Gasteiger partial charge in [-0.15, -0.1) is 0 Å². The number of thiazole rings is 1. The van der Waals surface area contributed by atoms with Crippen molar-refractivity contribution in [1.82, 2.24) is 14.8 Å². The van der Waals surface area contributed by atoms with Gasteiger partial charge in [0.1, 0.15) is 11.7 Å². The van der Waals surface area contributed by atoms with Gasteiger partial charge in [-0.05, 0) is 69.7 Å². The van der Waals surface area contributed by atoms with E-state index in [9.17, 15) is 9.90 Å². The SMILES string of the molecule is CC(C)(C)OC(=O)N1CCC(O)(c2ccc3nc(OC4CCN(Cc5ccccc5)CC4)sc3c2)CC1. The molecule has 37 heavy (non-hydrogen) atoms. The van der Waals surface area contributed by atoms with Crippen molar-refractivity contribution >= 4 is 27.6 Å². The fraction of sp³-hybridized carbons (Fsp3) is 0.517. The van der Waals surface area contributed by atoms with E-state index in [4.69, 9.17) is 14.5 Å². The predicted molar refractivity (Wildman–Crippen MR) is 146 cm³/mol. The molecule has 2 aliphatic rings. The predicted octanol–water partition coefficient (Wildman–Crippen LogP) is 5.56. The second-order valence-electron chi connectivity index (χ2n) is 11.2. The summed E-state index contributed by atoms with van der Waals surface area (Å²) < 4.78 is 12.8. The maximum atomic E-state index is 12.4. The van der Waals surface area contributed by atoms with Gasteiger partial charge in [0.05, 0.1) is 15.8 Å².